The Balaban J connectivity index is 2.24. The molecule has 122 valence electrons. The second kappa shape index (κ2) is 8.02. The van der Waals surface area contributed by atoms with E-state index in [4.69, 9.17) is 16.3 Å². The Kier molecular flexibility index (Phi) is 6.05. The number of carbonyl (C=O) groups is 1. The maximum absolute atomic E-state index is 11.7. The fraction of sp³-hybridized carbons (Fsp3) is 0.316. The fourth-order valence-corrected chi connectivity index (χ4v) is 2.65. The third kappa shape index (κ3) is 4.49. The molecule has 0 aliphatic carbocycles. The van der Waals surface area contributed by atoms with E-state index in [1.165, 1.54) is 0 Å². The van der Waals surface area contributed by atoms with Gasteiger partial charge in [-0.3, -0.25) is 4.79 Å². The summed E-state index contributed by atoms with van der Waals surface area (Å²) >= 11 is 6.22. The van der Waals surface area contributed by atoms with Gasteiger partial charge in [-0.1, -0.05) is 43.6 Å². The molecule has 4 heteroatoms. The molecule has 0 atom stereocenters. The summed E-state index contributed by atoms with van der Waals surface area (Å²) in [7, 11) is 0. The van der Waals surface area contributed by atoms with Crippen molar-refractivity contribution in [2.24, 2.45) is 0 Å². The van der Waals surface area contributed by atoms with Crippen LogP contribution in [-0.4, -0.2) is 5.91 Å². The second-order valence-electron chi connectivity index (χ2n) is 5.42. The highest BCUT2D eigenvalue weighted by atomic mass is 35.5. The van der Waals surface area contributed by atoms with Crippen LogP contribution in [0, 0.1) is 6.92 Å². The molecule has 2 rings (SSSR count). The van der Waals surface area contributed by atoms with Gasteiger partial charge in [0, 0.05) is 17.7 Å². The highest BCUT2D eigenvalue weighted by Crippen LogP contribution is 2.28. The van der Waals surface area contributed by atoms with E-state index >= 15 is 0 Å². The molecule has 0 spiro atoms. The SMILES string of the molecule is CCC(=O)Nc1cccc(CC)c1COc1ccc(C)cc1Cl. The van der Waals surface area contributed by atoms with Crippen molar-refractivity contribution in [1.29, 1.82) is 0 Å². The van der Waals surface area contributed by atoms with E-state index in [2.05, 4.69) is 18.3 Å². The van der Waals surface area contributed by atoms with Crippen LogP contribution in [0.2, 0.25) is 5.02 Å². The average molecular weight is 332 g/mol. The molecule has 2 aromatic rings. The van der Waals surface area contributed by atoms with Crippen molar-refractivity contribution in [2.45, 2.75) is 40.2 Å². The van der Waals surface area contributed by atoms with E-state index in [-0.39, 0.29) is 5.91 Å². The molecule has 0 heterocycles. The monoisotopic (exact) mass is 331 g/mol. The minimum Gasteiger partial charge on any atom is -0.487 e. The lowest BCUT2D eigenvalue weighted by Crippen LogP contribution is -2.13. The maximum Gasteiger partial charge on any atom is 0.224 e. The minimum atomic E-state index is -0.00660. The van der Waals surface area contributed by atoms with Crippen LogP contribution < -0.4 is 10.1 Å². The number of amides is 1. The second-order valence-corrected chi connectivity index (χ2v) is 5.83. The number of nitrogens with one attached hydrogen (secondary N) is 1. The van der Waals surface area contributed by atoms with E-state index in [1.54, 1.807) is 0 Å². The topological polar surface area (TPSA) is 38.3 Å². The van der Waals surface area contributed by atoms with Crippen molar-refractivity contribution in [3.8, 4) is 5.75 Å². The zero-order valence-electron chi connectivity index (χ0n) is 13.8. The first-order valence-electron chi connectivity index (χ1n) is 7.84. The lowest BCUT2D eigenvalue weighted by Gasteiger charge is -2.16. The number of anilines is 1. The first-order valence-corrected chi connectivity index (χ1v) is 8.22. The normalized spacial score (nSPS) is 10.4. The van der Waals surface area contributed by atoms with Crippen molar-refractivity contribution in [3.05, 3.63) is 58.1 Å². The van der Waals surface area contributed by atoms with Gasteiger partial charge in [0.2, 0.25) is 5.91 Å². The molecule has 2 aromatic carbocycles. The summed E-state index contributed by atoms with van der Waals surface area (Å²) in [5.41, 5.74) is 4.04. The molecule has 0 saturated carbocycles. The van der Waals surface area contributed by atoms with Crippen LogP contribution >= 0.6 is 11.6 Å². The summed E-state index contributed by atoms with van der Waals surface area (Å²) in [6.45, 7) is 6.27. The van der Waals surface area contributed by atoms with E-state index in [0.717, 1.165) is 28.8 Å². The molecule has 0 bridgehead atoms. The molecule has 0 aromatic heterocycles. The smallest absolute Gasteiger partial charge is 0.224 e. The van der Waals surface area contributed by atoms with Crippen molar-refractivity contribution in [1.82, 2.24) is 0 Å². The Morgan fingerprint density at radius 3 is 2.65 bits per heavy atom. The number of hydrogen-bond donors (Lipinski definition) is 1. The fourth-order valence-electron chi connectivity index (χ4n) is 2.36. The summed E-state index contributed by atoms with van der Waals surface area (Å²) in [5, 5.41) is 3.54. The van der Waals surface area contributed by atoms with E-state index < -0.39 is 0 Å². The number of ether oxygens (including phenoxy) is 1. The molecule has 23 heavy (non-hydrogen) atoms. The predicted molar refractivity (Wildman–Crippen MR) is 95.3 cm³/mol. The molecule has 0 radical (unpaired) electrons. The molecule has 0 saturated heterocycles. The quantitative estimate of drug-likeness (QED) is 0.796. The summed E-state index contributed by atoms with van der Waals surface area (Å²) in [4.78, 5) is 11.7. The van der Waals surface area contributed by atoms with Gasteiger partial charge in [-0.05, 0) is 42.7 Å². The summed E-state index contributed by atoms with van der Waals surface area (Å²) in [6.07, 6.45) is 1.32. The number of rotatable bonds is 6. The lowest BCUT2D eigenvalue weighted by molar-refractivity contribution is -0.115. The zero-order chi connectivity index (χ0) is 16.8. The standard InChI is InChI=1S/C19H22ClNO2/c1-4-14-7-6-8-17(21-19(22)5-2)15(14)12-23-18-10-9-13(3)11-16(18)20/h6-11H,4-5,12H2,1-3H3,(H,21,22). The minimum absolute atomic E-state index is 0.00660. The Labute approximate surface area is 142 Å². The average Bonchev–Trinajstić information content (AvgIpc) is 2.54. The van der Waals surface area contributed by atoms with Crippen LogP contribution in [0.15, 0.2) is 36.4 Å². The van der Waals surface area contributed by atoms with Crippen molar-refractivity contribution in [2.75, 3.05) is 5.32 Å². The maximum atomic E-state index is 11.7. The van der Waals surface area contributed by atoms with Gasteiger partial charge in [-0.15, -0.1) is 0 Å². The Hall–Kier alpha value is -2.00. The van der Waals surface area contributed by atoms with E-state index in [9.17, 15) is 4.79 Å². The Morgan fingerprint density at radius 1 is 1.22 bits per heavy atom. The highest BCUT2D eigenvalue weighted by molar-refractivity contribution is 6.32. The third-order valence-corrected chi connectivity index (χ3v) is 4.00. The number of benzene rings is 2. The van der Waals surface area contributed by atoms with Crippen LogP contribution in [-0.2, 0) is 17.8 Å². The van der Waals surface area contributed by atoms with Crippen LogP contribution in [0.4, 0.5) is 5.69 Å². The van der Waals surface area contributed by atoms with Crippen molar-refractivity contribution >= 4 is 23.2 Å². The highest BCUT2D eigenvalue weighted by Gasteiger charge is 2.11. The van der Waals surface area contributed by atoms with Gasteiger partial charge in [-0.25, -0.2) is 0 Å². The molecular formula is C19H22ClNO2. The van der Waals surface area contributed by atoms with Gasteiger partial charge >= 0.3 is 0 Å². The van der Waals surface area contributed by atoms with E-state index in [0.29, 0.717) is 23.8 Å². The largest absolute Gasteiger partial charge is 0.487 e. The molecule has 3 nitrogen and oxygen atoms in total. The summed E-state index contributed by atoms with van der Waals surface area (Å²) in [6, 6.07) is 11.6. The van der Waals surface area contributed by atoms with Crippen LogP contribution in [0.25, 0.3) is 0 Å². The van der Waals surface area contributed by atoms with Crippen molar-refractivity contribution in [3.63, 3.8) is 0 Å². The molecular weight excluding hydrogens is 310 g/mol. The molecule has 1 amide bonds. The predicted octanol–water partition coefficient (Wildman–Crippen LogP) is 5.14. The molecule has 0 unspecified atom stereocenters. The van der Waals surface area contributed by atoms with Gasteiger partial charge in [0.25, 0.3) is 0 Å². The van der Waals surface area contributed by atoms with Crippen LogP contribution in [0.1, 0.15) is 37.0 Å². The number of hydrogen-bond acceptors (Lipinski definition) is 2. The van der Waals surface area contributed by atoms with Gasteiger partial charge in [0.1, 0.15) is 12.4 Å². The molecule has 0 aliphatic rings. The number of aryl methyl sites for hydroxylation is 2. The van der Waals surface area contributed by atoms with Gasteiger partial charge in [0.05, 0.1) is 5.02 Å². The summed E-state index contributed by atoms with van der Waals surface area (Å²) < 4.78 is 5.89. The Morgan fingerprint density at radius 2 is 2.00 bits per heavy atom. The van der Waals surface area contributed by atoms with Crippen LogP contribution in [0.3, 0.4) is 0 Å². The van der Waals surface area contributed by atoms with Crippen molar-refractivity contribution < 1.29 is 9.53 Å². The zero-order valence-corrected chi connectivity index (χ0v) is 14.5. The van der Waals surface area contributed by atoms with Gasteiger partial charge in [0.15, 0.2) is 0 Å². The molecule has 0 fully saturated rings. The first-order chi connectivity index (χ1) is 11.0. The molecule has 1 N–H and O–H groups in total. The Bertz CT molecular complexity index is 698. The van der Waals surface area contributed by atoms with E-state index in [1.807, 2.05) is 44.2 Å². The summed E-state index contributed by atoms with van der Waals surface area (Å²) in [5.74, 6) is 0.642. The van der Waals surface area contributed by atoms with Crippen LogP contribution in [0.5, 0.6) is 5.75 Å². The number of carbonyl (C=O) groups excluding carboxylic acids is 1. The van der Waals surface area contributed by atoms with Gasteiger partial charge < -0.3 is 10.1 Å². The molecule has 0 aliphatic heterocycles. The lowest BCUT2D eigenvalue weighted by atomic mass is 10.0. The number of halogens is 1. The van der Waals surface area contributed by atoms with Gasteiger partial charge in [-0.2, -0.15) is 0 Å². The first kappa shape index (κ1) is 17.4. The third-order valence-electron chi connectivity index (χ3n) is 3.71.